The van der Waals surface area contributed by atoms with Crippen LogP contribution in [0.25, 0.3) is 0 Å². The summed E-state index contributed by atoms with van der Waals surface area (Å²) in [6.07, 6.45) is 3.44. The molecule has 1 saturated heterocycles. The number of alkyl halides is 1. The molecule has 1 radical (unpaired) electrons. The molecule has 1 fully saturated rings. The van der Waals surface area contributed by atoms with Crippen molar-refractivity contribution >= 4 is 23.2 Å². The Balaban J connectivity index is 0.000000217. The summed E-state index contributed by atoms with van der Waals surface area (Å²) >= 11 is 10.5. The van der Waals surface area contributed by atoms with Crippen LogP contribution in [0.1, 0.15) is 19.3 Å². The number of ether oxygens (including phenoxy) is 1. The maximum Gasteiger partial charge on any atom is 0.131 e. The Morgan fingerprint density at radius 2 is 2.17 bits per heavy atom. The molecule has 0 amide bonds. The first-order valence-corrected chi connectivity index (χ1v) is 4.65. The largest absolute Gasteiger partial charge is 0.362 e. The third-order valence-electron chi connectivity index (χ3n) is 1.28. The van der Waals surface area contributed by atoms with E-state index in [-0.39, 0.29) is 17.2 Å². The normalized spacial score (nSPS) is 22.4. The van der Waals surface area contributed by atoms with Gasteiger partial charge < -0.3 is 4.74 Å². The lowest BCUT2D eigenvalue weighted by Gasteiger charge is -2.15. The van der Waals surface area contributed by atoms with Crippen molar-refractivity contribution in [2.24, 2.45) is 0 Å². The van der Waals surface area contributed by atoms with Crippen molar-refractivity contribution < 1.29 is 9.84 Å². The van der Waals surface area contributed by atoms with E-state index in [1.165, 1.54) is 12.8 Å². The van der Waals surface area contributed by atoms with Gasteiger partial charge in [0.05, 0.1) is 0 Å². The summed E-state index contributed by atoms with van der Waals surface area (Å²) in [6.45, 7) is 3.61. The van der Waals surface area contributed by atoms with E-state index in [1.54, 1.807) is 0 Å². The van der Waals surface area contributed by atoms with E-state index in [9.17, 15) is 5.11 Å². The molecule has 0 bridgehead atoms. The van der Waals surface area contributed by atoms with Gasteiger partial charge in [0.25, 0.3) is 0 Å². The van der Waals surface area contributed by atoms with E-state index in [4.69, 9.17) is 27.9 Å². The molecule has 0 aromatic rings. The fraction of sp³-hybridized carbons (Fsp3) is 0.750. The monoisotopic (exact) mass is 211 g/mol. The summed E-state index contributed by atoms with van der Waals surface area (Å²) in [5.74, 6) is 0. The summed E-state index contributed by atoms with van der Waals surface area (Å²) in [6, 6.07) is 0. The lowest BCUT2D eigenvalue weighted by atomic mass is 10.2. The van der Waals surface area contributed by atoms with Gasteiger partial charge in [-0.2, -0.15) is 0 Å². The highest BCUT2D eigenvalue weighted by molar-refractivity contribution is 6.29. The van der Waals surface area contributed by atoms with Crippen molar-refractivity contribution in [3.63, 3.8) is 0 Å². The number of hydrogen-bond donors (Lipinski definition) is 0. The summed E-state index contributed by atoms with van der Waals surface area (Å²) in [7, 11) is 0. The standard InChI is InChI=1S/C5H9ClO.C3H4ClO/c6-5-3-1-2-4-7-5;1-3(4)2-5/h5H,1-4H2;1-2H2. The van der Waals surface area contributed by atoms with Crippen LogP contribution in [0.3, 0.4) is 0 Å². The maximum atomic E-state index is 9.40. The predicted molar refractivity (Wildman–Crippen MR) is 50.0 cm³/mol. The Bertz CT molecular complexity index is 122. The molecular weight excluding hydrogens is 199 g/mol. The van der Waals surface area contributed by atoms with Crippen LogP contribution < -0.4 is 0 Å². The smallest absolute Gasteiger partial charge is 0.131 e. The fourth-order valence-electron chi connectivity index (χ4n) is 0.701. The molecule has 0 saturated carbocycles. The molecule has 1 unspecified atom stereocenters. The van der Waals surface area contributed by atoms with Crippen LogP contribution in [0.2, 0.25) is 0 Å². The van der Waals surface area contributed by atoms with Crippen LogP contribution in [-0.2, 0) is 9.84 Å². The van der Waals surface area contributed by atoms with E-state index in [0.717, 1.165) is 13.0 Å². The molecule has 4 heteroatoms. The van der Waals surface area contributed by atoms with Gasteiger partial charge in [-0.1, -0.05) is 29.8 Å². The van der Waals surface area contributed by atoms with Gasteiger partial charge in [-0.15, -0.1) is 0 Å². The molecule has 0 aliphatic carbocycles. The van der Waals surface area contributed by atoms with Gasteiger partial charge in [0.1, 0.15) is 12.2 Å². The lowest BCUT2D eigenvalue weighted by Crippen LogP contribution is -2.11. The highest BCUT2D eigenvalue weighted by Gasteiger charge is 2.08. The maximum absolute atomic E-state index is 9.40. The Hall–Kier alpha value is 0.240. The van der Waals surface area contributed by atoms with Crippen molar-refractivity contribution in [3.05, 3.63) is 11.6 Å². The molecular formula is C8H13Cl2O2. The summed E-state index contributed by atoms with van der Waals surface area (Å²) in [5, 5.41) is 9.57. The minimum absolute atomic E-state index is 0.00810. The van der Waals surface area contributed by atoms with Gasteiger partial charge in [-0.25, -0.2) is 5.11 Å². The van der Waals surface area contributed by atoms with Crippen molar-refractivity contribution in [2.45, 2.75) is 24.8 Å². The van der Waals surface area contributed by atoms with Gasteiger partial charge in [0.15, 0.2) is 0 Å². The van der Waals surface area contributed by atoms with Gasteiger partial charge in [-0.3, -0.25) is 0 Å². The van der Waals surface area contributed by atoms with Crippen LogP contribution in [0.4, 0.5) is 0 Å². The zero-order valence-electron chi connectivity index (χ0n) is 6.89. The molecule has 0 aromatic carbocycles. The van der Waals surface area contributed by atoms with Crippen molar-refractivity contribution in [3.8, 4) is 0 Å². The average Bonchev–Trinajstić information content (AvgIpc) is 2.07. The van der Waals surface area contributed by atoms with Crippen molar-refractivity contribution in [1.82, 2.24) is 0 Å². The molecule has 1 rings (SSSR count). The van der Waals surface area contributed by atoms with Crippen LogP contribution in [0.15, 0.2) is 11.6 Å². The highest BCUT2D eigenvalue weighted by atomic mass is 35.5. The first-order valence-electron chi connectivity index (χ1n) is 3.84. The SMILES string of the molecule is C=C(Cl)C[O].ClC1CCCCO1. The van der Waals surface area contributed by atoms with E-state index in [2.05, 4.69) is 6.58 Å². The zero-order chi connectivity index (χ0) is 9.40. The summed E-state index contributed by atoms with van der Waals surface area (Å²) < 4.78 is 5.04. The van der Waals surface area contributed by atoms with Gasteiger partial charge in [-0.05, 0) is 19.3 Å². The number of halogens is 2. The molecule has 1 aliphatic rings. The van der Waals surface area contributed by atoms with Gasteiger partial charge in [0, 0.05) is 11.6 Å². The van der Waals surface area contributed by atoms with Crippen molar-refractivity contribution in [2.75, 3.05) is 13.2 Å². The highest BCUT2D eigenvalue weighted by Crippen LogP contribution is 2.14. The Labute approximate surface area is 83.1 Å². The first kappa shape index (κ1) is 12.2. The van der Waals surface area contributed by atoms with E-state index < -0.39 is 0 Å². The second kappa shape index (κ2) is 7.87. The van der Waals surface area contributed by atoms with E-state index >= 15 is 0 Å². The van der Waals surface area contributed by atoms with Crippen LogP contribution >= 0.6 is 23.2 Å². The minimum Gasteiger partial charge on any atom is -0.362 e. The summed E-state index contributed by atoms with van der Waals surface area (Å²) in [4.78, 5) is 0. The molecule has 0 N–H and O–H groups in total. The first-order chi connectivity index (χ1) is 5.66. The molecule has 0 aromatic heterocycles. The topological polar surface area (TPSA) is 29.1 Å². The average molecular weight is 212 g/mol. The molecule has 1 aliphatic heterocycles. The molecule has 1 atom stereocenters. The second-order valence-corrected chi connectivity index (χ2v) is 3.46. The number of rotatable bonds is 1. The lowest BCUT2D eigenvalue weighted by molar-refractivity contribution is 0.0680. The van der Waals surface area contributed by atoms with E-state index in [1.807, 2.05) is 0 Å². The molecule has 12 heavy (non-hydrogen) atoms. The molecule has 2 nitrogen and oxygen atoms in total. The number of hydrogen-bond acceptors (Lipinski definition) is 1. The third kappa shape index (κ3) is 8.34. The third-order valence-corrected chi connectivity index (χ3v) is 1.73. The van der Waals surface area contributed by atoms with Crippen LogP contribution in [-0.4, -0.2) is 18.8 Å². The van der Waals surface area contributed by atoms with Crippen LogP contribution in [0, 0.1) is 0 Å². The Morgan fingerprint density at radius 1 is 1.58 bits per heavy atom. The predicted octanol–water partition coefficient (Wildman–Crippen LogP) is 2.92. The quantitative estimate of drug-likeness (QED) is 0.614. The van der Waals surface area contributed by atoms with Crippen molar-refractivity contribution in [1.29, 1.82) is 0 Å². The molecule has 71 valence electrons. The minimum atomic E-state index is -0.373. The van der Waals surface area contributed by atoms with Gasteiger partial charge in [0.2, 0.25) is 0 Å². The van der Waals surface area contributed by atoms with E-state index in [0.29, 0.717) is 0 Å². The van der Waals surface area contributed by atoms with Gasteiger partial charge >= 0.3 is 0 Å². The molecule has 1 heterocycles. The summed E-state index contributed by atoms with van der Waals surface area (Å²) in [5.41, 5.74) is 0.00810. The Morgan fingerprint density at radius 3 is 2.33 bits per heavy atom. The fourth-order valence-corrected chi connectivity index (χ4v) is 0.945. The Kier molecular flexibility index (Phi) is 8.02. The molecule has 0 spiro atoms. The van der Waals surface area contributed by atoms with Crippen LogP contribution in [0.5, 0.6) is 0 Å². The second-order valence-electron chi connectivity index (χ2n) is 2.44. The zero-order valence-corrected chi connectivity index (χ0v) is 8.40.